The second-order valence-electron chi connectivity index (χ2n) is 5.81. The van der Waals surface area contributed by atoms with Crippen molar-refractivity contribution in [1.82, 2.24) is 4.90 Å². The smallest absolute Gasteiger partial charge is 0.0695 e. The first-order valence-electron chi connectivity index (χ1n) is 7.13. The van der Waals surface area contributed by atoms with Gasteiger partial charge in [-0.2, -0.15) is 0 Å². The van der Waals surface area contributed by atoms with Crippen molar-refractivity contribution in [3.05, 3.63) is 0 Å². The molecule has 1 aliphatic heterocycles. The molecule has 1 saturated heterocycles. The highest BCUT2D eigenvalue weighted by Crippen LogP contribution is 2.39. The fraction of sp³-hybridized carbons (Fsp3) is 1.00. The Kier molecular flexibility index (Phi) is 3.91. The van der Waals surface area contributed by atoms with E-state index in [4.69, 9.17) is 0 Å². The normalized spacial score (nSPS) is 35.4. The minimum atomic E-state index is -0.0456. The summed E-state index contributed by atoms with van der Waals surface area (Å²) in [5, 5.41) is 9.94. The van der Waals surface area contributed by atoms with Gasteiger partial charge in [-0.15, -0.1) is 0 Å². The maximum atomic E-state index is 9.94. The number of hydrogen-bond donors (Lipinski definition) is 1. The number of likely N-dealkylation sites (tertiary alicyclic amines) is 1. The molecule has 2 heteroatoms. The number of nitrogens with zero attached hydrogens (tertiary/aromatic N) is 1. The van der Waals surface area contributed by atoms with Crippen LogP contribution in [-0.2, 0) is 0 Å². The van der Waals surface area contributed by atoms with Crippen molar-refractivity contribution in [2.45, 2.75) is 70.9 Å². The molecule has 0 bridgehead atoms. The van der Waals surface area contributed by atoms with Crippen LogP contribution in [0.4, 0.5) is 0 Å². The van der Waals surface area contributed by atoms with Crippen LogP contribution >= 0.6 is 0 Å². The monoisotopic (exact) mass is 225 g/mol. The van der Waals surface area contributed by atoms with E-state index in [-0.39, 0.29) is 6.10 Å². The lowest BCUT2D eigenvalue weighted by atomic mass is 9.74. The van der Waals surface area contributed by atoms with Crippen molar-refractivity contribution < 1.29 is 5.11 Å². The molecule has 2 aliphatic rings. The molecule has 0 amide bonds. The van der Waals surface area contributed by atoms with Crippen molar-refractivity contribution in [3.8, 4) is 0 Å². The van der Waals surface area contributed by atoms with Gasteiger partial charge in [0.2, 0.25) is 0 Å². The van der Waals surface area contributed by atoms with Crippen LogP contribution in [0.15, 0.2) is 0 Å². The Morgan fingerprint density at radius 1 is 1.12 bits per heavy atom. The molecule has 16 heavy (non-hydrogen) atoms. The third-order valence-corrected chi connectivity index (χ3v) is 5.27. The van der Waals surface area contributed by atoms with Gasteiger partial charge < -0.3 is 5.11 Å². The summed E-state index contributed by atoms with van der Waals surface area (Å²) in [6, 6.07) is 0.478. The van der Waals surface area contributed by atoms with Gasteiger partial charge in [0.1, 0.15) is 0 Å². The second kappa shape index (κ2) is 5.05. The van der Waals surface area contributed by atoms with Gasteiger partial charge in [0, 0.05) is 6.04 Å². The van der Waals surface area contributed by atoms with Crippen LogP contribution in [0, 0.1) is 5.41 Å². The van der Waals surface area contributed by atoms with Crippen LogP contribution < -0.4 is 0 Å². The van der Waals surface area contributed by atoms with E-state index in [1.807, 2.05) is 0 Å². The summed E-state index contributed by atoms with van der Waals surface area (Å²) in [7, 11) is 0. The molecule has 0 aromatic heterocycles. The zero-order valence-corrected chi connectivity index (χ0v) is 10.9. The van der Waals surface area contributed by atoms with Crippen LogP contribution in [0.3, 0.4) is 0 Å². The minimum Gasteiger partial charge on any atom is -0.391 e. The summed E-state index contributed by atoms with van der Waals surface area (Å²) >= 11 is 0. The minimum absolute atomic E-state index is 0.0456. The van der Waals surface area contributed by atoms with Gasteiger partial charge in [-0.25, -0.2) is 0 Å². The molecule has 2 unspecified atom stereocenters. The molecule has 1 heterocycles. The molecule has 0 radical (unpaired) electrons. The van der Waals surface area contributed by atoms with Crippen molar-refractivity contribution >= 4 is 0 Å². The molecule has 1 saturated carbocycles. The van der Waals surface area contributed by atoms with E-state index >= 15 is 0 Å². The Hall–Kier alpha value is -0.0800. The Morgan fingerprint density at radius 2 is 1.75 bits per heavy atom. The molecule has 2 fully saturated rings. The van der Waals surface area contributed by atoms with Crippen molar-refractivity contribution in [3.63, 3.8) is 0 Å². The molecule has 2 rings (SSSR count). The van der Waals surface area contributed by atoms with Crippen LogP contribution in [-0.4, -0.2) is 35.2 Å². The predicted molar refractivity (Wildman–Crippen MR) is 67.5 cm³/mol. The molecule has 1 N–H and O–H groups in total. The molecular formula is C14H27NO. The maximum Gasteiger partial charge on any atom is 0.0695 e. The lowest BCUT2D eigenvalue weighted by molar-refractivity contribution is 0.0199. The maximum absolute atomic E-state index is 9.94. The molecule has 2 atom stereocenters. The van der Waals surface area contributed by atoms with E-state index < -0.39 is 0 Å². The zero-order chi connectivity index (χ0) is 11.6. The number of aliphatic hydroxyl groups excluding tert-OH is 1. The molecule has 1 aliphatic carbocycles. The lowest BCUT2D eigenvalue weighted by Crippen LogP contribution is -2.47. The highest BCUT2D eigenvalue weighted by Gasteiger charge is 2.37. The van der Waals surface area contributed by atoms with Gasteiger partial charge >= 0.3 is 0 Å². The Bertz CT molecular complexity index is 215. The predicted octanol–water partition coefficient (Wildman–Crippen LogP) is 2.80. The SMILES string of the molecule is CCC1(CC)CCN(C2CCCC2O)CC1. The fourth-order valence-electron chi connectivity index (χ4n) is 3.63. The Morgan fingerprint density at radius 3 is 2.19 bits per heavy atom. The summed E-state index contributed by atoms with van der Waals surface area (Å²) in [6.45, 7) is 7.10. The van der Waals surface area contributed by atoms with Crippen LogP contribution in [0.5, 0.6) is 0 Å². The summed E-state index contributed by atoms with van der Waals surface area (Å²) in [4.78, 5) is 2.56. The van der Waals surface area contributed by atoms with E-state index in [1.165, 1.54) is 51.6 Å². The molecule has 0 spiro atoms. The first kappa shape index (κ1) is 12.4. The van der Waals surface area contributed by atoms with E-state index in [9.17, 15) is 5.11 Å². The number of piperidine rings is 1. The largest absolute Gasteiger partial charge is 0.391 e. The third kappa shape index (κ3) is 2.28. The molecule has 94 valence electrons. The fourth-order valence-corrected chi connectivity index (χ4v) is 3.63. The summed E-state index contributed by atoms with van der Waals surface area (Å²) in [6.07, 6.45) is 8.73. The van der Waals surface area contributed by atoms with Crippen LogP contribution in [0.2, 0.25) is 0 Å². The van der Waals surface area contributed by atoms with E-state index in [0.29, 0.717) is 11.5 Å². The van der Waals surface area contributed by atoms with Gasteiger partial charge in [0.15, 0.2) is 0 Å². The first-order valence-corrected chi connectivity index (χ1v) is 7.13. The van der Waals surface area contributed by atoms with E-state index in [1.54, 1.807) is 0 Å². The summed E-state index contributed by atoms with van der Waals surface area (Å²) in [5.41, 5.74) is 0.611. The highest BCUT2D eigenvalue weighted by molar-refractivity contribution is 4.91. The highest BCUT2D eigenvalue weighted by atomic mass is 16.3. The molecule has 2 nitrogen and oxygen atoms in total. The van der Waals surface area contributed by atoms with Crippen LogP contribution in [0.1, 0.15) is 58.8 Å². The molecular weight excluding hydrogens is 198 g/mol. The van der Waals surface area contributed by atoms with E-state index in [0.717, 1.165) is 6.42 Å². The van der Waals surface area contributed by atoms with Crippen molar-refractivity contribution in [2.24, 2.45) is 5.41 Å². The van der Waals surface area contributed by atoms with Gasteiger partial charge in [-0.1, -0.05) is 26.7 Å². The van der Waals surface area contributed by atoms with Gasteiger partial charge in [0.05, 0.1) is 6.10 Å². The molecule has 0 aromatic rings. The van der Waals surface area contributed by atoms with Crippen molar-refractivity contribution in [1.29, 1.82) is 0 Å². The number of aliphatic hydroxyl groups is 1. The quantitative estimate of drug-likeness (QED) is 0.798. The lowest BCUT2D eigenvalue weighted by Gasteiger charge is -2.43. The van der Waals surface area contributed by atoms with Gasteiger partial charge in [0.25, 0.3) is 0 Å². The molecule has 0 aromatic carbocycles. The first-order chi connectivity index (χ1) is 7.71. The number of hydrogen-bond acceptors (Lipinski definition) is 2. The Labute approximate surface area is 100 Å². The standard InChI is InChI=1S/C14H27NO/c1-3-14(4-2)8-10-15(11-9-14)12-6-5-7-13(12)16/h12-13,16H,3-11H2,1-2H3. The summed E-state index contributed by atoms with van der Waals surface area (Å²) in [5.74, 6) is 0. The van der Waals surface area contributed by atoms with E-state index in [2.05, 4.69) is 18.7 Å². The Balaban J connectivity index is 1.89. The van der Waals surface area contributed by atoms with Crippen LogP contribution in [0.25, 0.3) is 0 Å². The second-order valence-corrected chi connectivity index (χ2v) is 5.81. The van der Waals surface area contributed by atoms with Gasteiger partial charge in [-0.3, -0.25) is 4.90 Å². The van der Waals surface area contributed by atoms with Gasteiger partial charge in [-0.05, 0) is 50.6 Å². The van der Waals surface area contributed by atoms with Crippen molar-refractivity contribution in [2.75, 3.05) is 13.1 Å². The summed E-state index contributed by atoms with van der Waals surface area (Å²) < 4.78 is 0. The average Bonchev–Trinajstić information content (AvgIpc) is 2.76. The number of rotatable bonds is 3. The topological polar surface area (TPSA) is 23.5 Å². The zero-order valence-electron chi connectivity index (χ0n) is 10.9. The average molecular weight is 225 g/mol. The third-order valence-electron chi connectivity index (χ3n) is 5.27.